The van der Waals surface area contributed by atoms with Crippen LogP contribution in [0.1, 0.15) is 85.0 Å². The van der Waals surface area contributed by atoms with Crippen molar-refractivity contribution in [2.75, 3.05) is 39.5 Å². The highest BCUT2D eigenvalue weighted by molar-refractivity contribution is 7.85. The van der Waals surface area contributed by atoms with Gasteiger partial charge in [0.05, 0.1) is 54.8 Å². The average Bonchev–Trinajstić information content (AvgIpc) is 3.24. The SMILES string of the molecule is C[C@H](CCC(=O)NCCC[N+](C)(C)CC(O)CS(=O)(=O)[O-])[C@H]1CC[C@H]2C3C(C[C@H](O)[C@]12C)[C@@]1(C)CC[C@@H](O)C[C@H]1C[C@H]3O. The lowest BCUT2D eigenvalue weighted by molar-refractivity contribution is -0.893. The van der Waals surface area contributed by atoms with Gasteiger partial charge in [0.25, 0.3) is 0 Å². The van der Waals surface area contributed by atoms with Crippen LogP contribution in [0.2, 0.25) is 0 Å². The number of likely N-dealkylation sites (N-methyl/N-ethyl adjacent to an activating group) is 1. The number of amides is 1. The van der Waals surface area contributed by atoms with Crippen LogP contribution in [0, 0.1) is 46.3 Å². The fourth-order valence-electron chi connectivity index (χ4n) is 10.5. The largest absolute Gasteiger partial charge is 0.748 e. The number of nitrogens with one attached hydrogen (secondary N) is 1. The molecule has 0 heterocycles. The lowest BCUT2D eigenvalue weighted by atomic mass is 9.43. The van der Waals surface area contributed by atoms with Gasteiger partial charge >= 0.3 is 0 Å². The van der Waals surface area contributed by atoms with E-state index in [-0.39, 0.29) is 59.0 Å². The molecule has 0 aromatic carbocycles. The number of aliphatic hydroxyl groups excluding tert-OH is 4. The van der Waals surface area contributed by atoms with Crippen molar-refractivity contribution >= 4 is 16.0 Å². The van der Waals surface area contributed by atoms with Gasteiger partial charge in [0, 0.05) is 19.4 Å². The van der Waals surface area contributed by atoms with Crippen LogP contribution in [0.4, 0.5) is 0 Å². The number of carbonyl (C=O) groups excluding carboxylic acids is 1. The van der Waals surface area contributed by atoms with E-state index < -0.39 is 34.2 Å². The van der Waals surface area contributed by atoms with Crippen LogP contribution < -0.4 is 5.32 Å². The van der Waals surface area contributed by atoms with E-state index in [4.69, 9.17) is 0 Å². The number of aliphatic hydroxyl groups is 4. The third-order valence-electron chi connectivity index (χ3n) is 12.7. The van der Waals surface area contributed by atoms with Gasteiger partial charge in [0.15, 0.2) is 0 Å². The first-order valence-electron chi connectivity index (χ1n) is 16.6. The molecular formula is C32H58N2O8S. The molecule has 4 aliphatic rings. The number of hydrogen-bond donors (Lipinski definition) is 5. The minimum atomic E-state index is -4.48. The Morgan fingerprint density at radius 1 is 1.07 bits per heavy atom. The number of rotatable bonds is 12. The molecule has 12 atom stereocenters. The Balaban J connectivity index is 1.27. The van der Waals surface area contributed by atoms with Crippen molar-refractivity contribution in [2.45, 2.75) is 109 Å². The predicted octanol–water partition coefficient (Wildman–Crippen LogP) is 1.85. The lowest BCUT2D eigenvalue weighted by Crippen LogP contribution is -2.62. The first-order chi connectivity index (χ1) is 19.9. The van der Waals surface area contributed by atoms with Gasteiger partial charge in [0.1, 0.15) is 12.6 Å². The van der Waals surface area contributed by atoms with Crippen LogP contribution in [0.3, 0.4) is 0 Å². The molecule has 10 nitrogen and oxygen atoms in total. The molecule has 0 aromatic rings. The summed E-state index contributed by atoms with van der Waals surface area (Å²) in [4.78, 5) is 12.7. The van der Waals surface area contributed by atoms with Crippen molar-refractivity contribution in [1.82, 2.24) is 5.32 Å². The zero-order valence-corrected chi connectivity index (χ0v) is 27.8. The highest BCUT2D eigenvalue weighted by Crippen LogP contribution is 2.68. The maximum Gasteiger partial charge on any atom is 0.220 e. The van der Waals surface area contributed by atoms with E-state index in [1.54, 1.807) is 0 Å². The molecule has 0 bridgehead atoms. The molecule has 11 heteroatoms. The van der Waals surface area contributed by atoms with Crippen LogP contribution >= 0.6 is 0 Å². The summed E-state index contributed by atoms with van der Waals surface area (Å²) in [5, 5.41) is 46.5. The van der Waals surface area contributed by atoms with E-state index in [0.29, 0.717) is 42.8 Å². The normalized spacial score (nSPS) is 41.1. The first-order valence-corrected chi connectivity index (χ1v) is 18.2. The molecular weight excluding hydrogens is 572 g/mol. The van der Waals surface area contributed by atoms with E-state index in [2.05, 4.69) is 26.1 Å². The molecule has 4 fully saturated rings. The Bertz CT molecular complexity index is 1090. The monoisotopic (exact) mass is 630 g/mol. The quantitative estimate of drug-likeness (QED) is 0.124. The summed E-state index contributed by atoms with van der Waals surface area (Å²) in [7, 11) is -0.775. The number of nitrogens with zero attached hydrogens (tertiary/aromatic N) is 1. The Morgan fingerprint density at radius 3 is 2.44 bits per heavy atom. The fraction of sp³-hybridized carbons (Fsp3) is 0.969. The zero-order chi connectivity index (χ0) is 32.0. The summed E-state index contributed by atoms with van der Waals surface area (Å²) in [5.41, 5.74) is -0.229. The maximum atomic E-state index is 12.7. The molecule has 5 N–H and O–H groups in total. The predicted molar refractivity (Wildman–Crippen MR) is 162 cm³/mol. The minimum absolute atomic E-state index is 0.0141. The summed E-state index contributed by atoms with van der Waals surface area (Å²) >= 11 is 0. The summed E-state index contributed by atoms with van der Waals surface area (Å²) in [6.45, 7) is 8.02. The molecule has 4 aliphatic carbocycles. The van der Waals surface area contributed by atoms with E-state index in [0.717, 1.165) is 44.9 Å². The van der Waals surface area contributed by atoms with Crippen molar-refractivity contribution < 1.29 is 42.7 Å². The van der Waals surface area contributed by atoms with E-state index in [9.17, 15) is 38.2 Å². The number of hydrogen-bond acceptors (Lipinski definition) is 8. The Morgan fingerprint density at radius 2 is 1.77 bits per heavy atom. The molecule has 0 radical (unpaired) electrons. The number of carbonyl (C=O) groups is 1. The molecule has 0 saturated heterocycles. The Labute approximate surface area is 259 Å². The molecule has 250 valence electrons. The van der Waals surface area contributed by atoms with Crippen LogP contribution in [-0.2, 0) is 14.9 Å². The standard InChI is InChI=1S/C32H58N2O8S/c1-20(7-10-29(39)33-13-6-14-34(4,5)18-23(36)19-43(40,41)42)24-8-9-25-30-26(17-28(38)32(24,25)3)31(2)12-11-22(35)15-21(31)16-27(30)37/h20-28,30,35-38H,6-19H2,1-5H3,(H-,33,39,40,41,42)/t20-,21+,22-,23?,24-,25+,26?,27-,28+,30?,31+,32-/m1/s1. The van der Waals surface area contributed by atoms with Gasteiger partial charge < -0.3 is 34.8 Å². The third-order valence-corrected chi connectivity index (χ3v) is 13.5. The molecule has 0 aromatic heterocycles. The molecule has 0 aliphatic heterocycles. The number of quaternary nitrogens is 1. The van der Waals surface area contributed by atoms with Crippen LogP contribution in [-0.4, -0.2) is 108 Å². The summed E-state index contributed by atoms with van der Waals surface area (Å²) < 4.78 is 33.0. The van der Waals surface area contributed by atoms with E-state index in [1.807, 2.05) is 14.1 Å². The highest BCUT2D eigenvalue weighted by atomic mass is 32.2. The fourth-order valence-corrected chi connectivity index (χ4v) is 11.0. The van der Waals surface area contributed by atoms with Crippen molar-refractivity contribution in [3.8, 4) is 0 Å². The van der Waals surface area contributed by atoms with Crippen LogP contribution in [0.5, 0.6) is 0 Å². The molecule has 0 spiro atoms. The Kier molecular flexibility index (Phi) is 10.7. The van der Waals surface area contributed by atoms with Gasteiger partial charge in [-0.25, -0.2) is 8.42 Å². The maximum absolute atomic E-state index is 12.7. The van der Waals surface area contributed by atoms with E-state index in [1.165, 1.54) is 0 Å². The van der Waals surface area contributed by atoms with Crippen molar-refractivity contribution in [2.24, 2.45) is 46.3 Å². The molecule has 43 heavy (non-hydrogen) atoms. The highest BCUT2D eigenvalue weighted by Gasteiger charge is 2.65. The average molecular weight is 631 g/mol. The van der Waals surface area contributed by atoms with Gasteiger partial charge in [0.2, 0.25) is 5.91 Å². The van der Waals surface area contributed by atoms with Gasteiger partial charge in [-0.2, -0.15) is 0 Å². The van der Waals surface area contributed by atoms with Gasteiger partial charge in [-0.05, 0) is 97.7 Å². The smallest absolute Gasteiger partial charge is 0.220 e. The topological polar surface area (TPSA) is 167 Å². The first kappa shape index (κ1) is 35.0. The zero-order valence-electron chi connectivity index (χ0n) is 27.0. The van der Waals surface area contributed by atoms with Crippen molar-refractivity contribution in [3.05, 3.63) is 0 Å². The van der Waals surface area contributed by atoms with Crippen molar-refractivity contribution in [1.29, 1.82) is 0 Å². The summed E-state index contributed by atoms with van der Waals surface area (Å²) in [6, 6.07) is 0. The van der Waals surface area contributed by atoms with Crippen LogP contribution in [0.25, 0.3) is 0 Å². The van der Waals surface area contributed by atoms with Gasteiger partial charge in [-0.1, -0.05) is 20.8 Å². The molecule has 1 amide bonds. The van der Waals surface area contributed by atoms with E-state index >= 15 is 0 Å². The number of fused-ring (bicyclic) bond motifs is 5. The molecule has 4 rings (SSSR count). The molecule has 3 unspecified atom stereocenters. The summed E-state index contributed by atoms with van der Waals surface area (Å²) in [5.74, 6) is 0.749. The molecule has 4 saturated carbocycles. The second-order valence-electron chi connectivity index (χ2n) is 16.0. The Hall–Kier alpha value is -0.820. The van der Waals surface area contributed by atoms with Gasteiger partial charge in [-0.15, -0.1) is 0 Å². The second kappa shape index (κ2) is 13.1. The summed E-state index contributed by atoms with van der Waals surface area (Å²) in [6.07, 6.45) is 5.44. The third kappa shape index (κ3) is 7.60. The van der Waals surface area contributed by atoms with Crippen LogP contribution in [0.15, 0.2) is 0 Å². The minimum Gasteiger partial charge on any atom is -0.748 e. The van der Waals surface area contributed by atoms with Crippen molar-refractivity contribution in [3.63, 3.8) is 0 Å². The van der Waals surface area contributed by atoms with Gasteiger partial charge in [-0.3, -0.25) is 4.79 Å². The lowest BCUT2D eigenvalue weighted by Gasteiger charge is -2.63. The second-order valence-corrected chi connectivity index (χ2v) is 17.4.